The van der Waals surface area contributed by atoms with Gasteiger partial charge in [-0.1, -0.05) is 13.5 Å². The number of halogens is 2. The number of rotatable bonds is 3. The second-order valence-electron chi connectivity index (χ2n) is 5.58. The van der Waals surface area contributed by atoms with Crippen molar-refractivity contribution < 1.29 is 22.0 Å². The number of thiophene rings is 1. The summed E-state index contributed by atoms with van der Waals surface area (Å²) in [4.78, 5) is 13.3. The van der Waals surface area contributed by atoms with Gasteiger partial charge in [0.05, 0.1) is 6.04 Å². The molecule has 26 heavy (non-hydrogen) atoms. The molecule has 3 rings (SSSR count). The molecule has 0 saturated carbocycles. The Bertz CT molecular complexity index is 888. The molecule has 6 nitrogen and oxygen atoms in total. The van der Waals surface area contributed by atoms with Crippen LogP contribution in [0.3, 0.4) is 0 Å². The van der Waals surface area contributed by atoms with Gasteiger partial charge in [-0.2, -0.15) is 17.4 Å². The third kappa shape index (κ3) is 4.09. The Kier molecular flexibility index (Phi) is 6.12. The van der Waals surface area contributed by atoms with Crippen LogP contribution >= 0.6 is 11.3 Å². The van der Waals surface area contributed by atoms with E-state index in [4.69, 9.17) is 0 Å². The van der Waals surface area contributed by atoms with Crippen LogP contribution in [0.1, 0.15) is 24.8 Å². The minimum Gasteiger partial charge on any atom is -0.325 e. The molecule has 0 spiro atoms. The molecule has 10 heteroatoms. The first-order chi connectivity index (χ1) is 11.8. The molecule has 1 saturated heterocycles. The van der Waals surface area contributed by atoms with Gasteiger partial charge in [-0.05, 0) is 30.0 Å². The maximum absolute atomic E-state index is 13.3. The minimum absolute atomic E-state index is 0. The molecule has 2 heterocycles. The first-order valence-corrected chi connectivity index (χ1v) is 9.64. The fraction of sp³-hybridized carbons (Fsp3) is 0.312. The van der Waals surface area contributed by atoms with E-state index in [1.807, 2.05) is 5.38 Å². The monoisotopic (exact) mass is 403 g/mol. The van der Waals surface area contributed by atoms with Gasteiger partial charge in [-0.25, -0.2) is 8.78 Å². The van der Waals surface area contributed by atoms with Crippen LogP contribution in [-0.4, -0.2) is 31.7 Å². The van der Waals surface area contributed by atoms with E-state index < -0.39 is 39.8 Å². The van der Waals surface area contributed by atoms with Crippen LogP contribution in [0, 0.1) is 11.6 Å². The lowest BCUT2D eigenvalue weighted by Gasteiger charge is -2.35. The zero-order chi connectivity index (χ0) is 18.2. The number of carbonyl (C=O) groups is 1. The summed E-state index contributed by atoms with van der Waals surface area (Å²) < 4.78 is 54.3. The van der Waals surface area contributed by atoms with E-state index in [0.717, 1.165) is 21.3 Å². The lowest BCUT2D eigenvalue weighted by molar-refractivity contribution is -0.120. The zero-order valence-electron chi connectivity index (χ0n) is 13.1. The van der Waals surface area contributed by atoms with Gasteiger partial charge in [-0.3, -0.25) is 4.79 Å². The molecule has 1 aliphatic heterocycles. The summed E-state index contributed by atoms with van der Waals surface area (Å²) in [5.41, 5.74) is 0.0564. The minimum atomic E-state index is -3.84. The number of hydrogen-bond donors (Lipinski definition) is 2. The van der Waals surface area contributed by atoms with Crippen LogP contribution in [0.5, 0.6) is 0 Å². The number of nitrogens with one attached hydrogen (secondary N) is 2. The molecule has 1 aromatic heterocycles. The van der Waals surface area contributed by atoms with Crippen LogP contribution in [0.2, 0.25) is 0 Å². The Morgan fingerprint density at radius 3 is 2.65 bits per heavy atom. The van der Waals surface area contributed by atoms with E-state index in [1.165, 1.54) is 24.5 Å². The smallest absolute Gasteiger partial charge is 0.280 e. The topological polar surface area (TPSA) is 78.5 Å². The fourth-order valence-corrected chi connectivity index (χ4v) is 4.72. The van der Waals surface area contributed by atoms with Crippen LogP contribution in [0.4, 0.5) is 14.5 Å². The standard InChI is InChI=1S/C15H15F2N3O3S2.CH4/c1-20-13(15(21)18-9-4-5-10(16)11(17)7-9)8-12(19-25(20,22)23)14-3-2-6-24-14;/h2-7,12-13,19H,8H2,1H3,(H,18,21);1H4. The summed E-state index contributed by atoms with van der Waals surface area (Å²) in [6.45, 7) is 0. The highest BCUT2D eigenvalue weighted by molar-refractivity contribution is 7.87. The second-order valence-corrected chi connectivity index (χ2v) is 8.32. The third-order valence-corrected chi connectivity index (χ3v) is 6.53. The van der Waals surface area contributed by atoms with Gasteiger partial charge in [0.2, 0.25) is 5.91 Å². The first kappa shape index (κ1) is 20.4. The highest BCUT2D eigenvalue weighted by atomic mass is 32.2. The summed E-state index contributed by atoms with van der Waals surface area (Å²) >= 11 is 1.38. The molecule has 1 fully saturated rings. The Morgan fingerprint density at radius 2 is 2.04 bits per heavy atom. The summed E-state index contributed by atoms with van der Waals surface area (Å²) in [7, 11) is -2.55. The van der Waals surface area contributed by atoms with Crippen LogP contribution in [0.25, 0.3) is 0 Å². The molecular formula is C16H19F2N3O3S2. The van der Waals surface area contributed by atoms with Crippen molar-refractivity contribution in [2.75, 3.05) is 12.4 Å². The lowest BCUT2D eigenvalue weighted by Crippen LogP contribution is -2.55. The molecule has 1 aliphatic rings. The largest absolute Gasteiger partial charge is 0.325 e. The lowest BCUT2D eigenvalue weighted by atomic mass is 10.1. The molecule has 2 aromatic rings. The molecule has 142 valence electrons. The van der Waals surface area contributed by atoms with Crippen molar-refractivity contribution in [2.45, 2.75) is 25.9 Å². The predicted octanol–water partition coefficient (Wildman–Crippen LogP) is 2.88. The average Bonchev–Trinajstić information content (AvgIpc) is 3.07. The summed E-state index contributed by atoms with van der Waals surface area (Å²) in [6.07, 6.45) is 0.214. The van der Waals surface area contributed by atoms with E-state index >= 15 is 0 Å². The van der Waals surface area contributed by atoms with Gasteiger partial charge in [0.15, 0.2) is 11.6 Å². The van der Waals surface area contributed by atoms with Crippen LogP contribution in [0.15, 0.2) is 35.7 Å². The van der Waals surface area contributed by atoms with Gasteiger partial charge in [0.25, 0.3) is 10.2 Å². The van der Waals surface area contributed by atoms with Crippen LogP contribution in [-0.2, 0) is 15.0 Å². The summed E-state index contributed by atoms with van der Waals surface area (Å²) in [6, 6.07) is 5.02. The highest BCUT2D eigenvalue weighted by Crippen LogP contribution is 2.30. The summed E-state index contributed by atoms with van der Waals surface area (Å²) in [5, 5.41) is 4.26. The van der Waals surface area contributed by atoms with Crippen LogP contribution < -0.4 is 10.0 Å². The molecule has 1 aromatic carbocycles. The Labute approximate surface area is 155 Å². The van der Waals surface area contributed by atoms with E-state index in [2.05, 4.69) is 10.0 Å². The number of hydrogen-bond acceptors (Lipinski definition) is 4. The second kappa shape index (κ2) is 7.78. The van der Waals surface area contributed by atoms with Crippen molar-refractivity contribution >= 4 is 33.1 Å². The van der Waals surface area contributed by atoms with E-state index in [9.17, 15) is 22.0 Å². The van der Waals surface area contributed by atoms with Gasteiger partial charge >= 0.3 is 0 Å². The van der Waals surface area contributed by atoms with Crippen molar-refractivity contribution in [3.8, 4) is 0 Å². The first-order valence-electron chi connectivity index (χ1n) is 7.32. The molecule has 0 bridgehead atoms. The molecule has 1 amide bonds. The van der Waals surface area contributed by atoms with Crippen molar-refractivity contribution in [1.29, 1.82) is 0 Å². The number of benzene rings is 1. The maximum Gasteiger partial charge on any atom is 0.280 e. The molecule has 2 N–H and O–H groups in total. The molecule has 2 atom stereocenters. The third-order valence-electron chi connectivity index (χ3n) is 3.94. The van der Waals surface area contributed by atoms with E-state index in [1.54, 1.807) is 12.1 Å². The van der Waals surface area contributed by atoms with Gasteiger partial charge in [-0.15, -0.1) is 11.3 Å². The predicted molar refractivity (Wildman–Crippen MR) is 97.0 cm³/mol. The van der Waals surface area contributed by atoms with Gasteiger partial charge in [0, 0.05) is 23.7 Å². The maximum atomic E-state index is 13.3. The quantitative estimate of drug-likeness (QED) is 0.827. The highest BCUT2D eigenvalue weighted by Gasteiger charge is 2.40. The molecular weight excluding hydrogens is 384 g/mol. The van der Waals surface area contributed by atoms with Crippen molar-refractivity contribution in [2.24, 2.45) is 0 Å². The van der Waals surface area contributed by atoms with Gasteiger partial charge < -0.3 is 5.32 Å². The Balaban J connectivity index is 0.00000243. The normalized spacial score (nSPS) is 22.4. The number of nitrogens with zero attached hydrogens (tertiary/aromatic N) is 1. The Morgan fingerprint density at radius 1 is 1.31 bits per heavy atom. The SMILES string of the molecule is C.CN1C(C(=O)Nc2ccc(F)c(F)c2)CC(c2cccs2)NS1(=O)=O. The van der Waals surface area contributed by atoms with Gasteiger partial charge in [0.1, 0.15) is 6.04 Å². The average molecular weight is 403 g/mol. The molecule has 0 radical (unpaired) electrons. The zero-order valence-corrected chi connectivity index (χ0v) is 14.7. The van der Waals surface area contributed by atoms with E-state index in [-0.39, 0.29) is 19.5 Å². The van der Waals surface area contributed by atoms with Crippen molar-refractivity contribution in [1.82, 2.24) is 9.03 Å². The number of likely N-dealkylation sites (N-methyl/N-ethyl adjacent to an activating group) is 1. The van der Waals surface area contributed by atoms with E-state index in [0.29, 0.717) is 0 Å². The molecule has 2 unspecified atom stereocenters. The Hall–Kier alpha value is -1.88. The number of anilines is 1. The summed E-state index contributed by atoms with van der Waals surface area (Å²) in [5.74, 6) is -2.74. The fourth-order valence-electron chi connectivity index (χ4n) is 2.59. The van der Waals surface area contributed by atoms with Crippen molar-refractivity contribution in [3.05, 3.63) is 52.2 Å². The number of amides is 1. The van der Waals surface area contributed by atoms with Crippen molar-refractivity contribution in [3.63, 3.8) is 0 Å². The molecule has 0 aliphatic carbocycles. The number of carbonyl (C=O) groups excluding carboxylic acids is 1.